The average molecular weight is 285 g/mol. The van der Waals surface area contributed by atoms with Gasteiger partial charge in [0.05, 0.1) is 17.7 Å². The average Bonchev–Trinajstić information content (AvgIpc) is 2.67. The van der Waals surface area contributed by atoms with Crippen LogP contribution in [0.5, 0.6) is 0 Å². The molecule has 0 atom stereocenters. The van der Waals surface area contributed by atoms with Crippen LogP contribution in [0.15, 0.2) is 5.51 Å². The van der Waals surface area contributed by atoms with Crippen molar-refractivity contribution < 1.29 is 14.7 Å². The lowest BCUT2D eigenvalue weighted by molar-refractivity contribution is -0.138. The molecule has 0 saturated heterocycles. The van der Waals surface area contributed by atoms with E-state index in [-0.39, 0.29) is 12.6 Å². The van der Waals surface area contributed by atoms with Crippen molar-refractivity contribution in [3.63, 3.8) is 0 Å². The summed E-state index contributed by atoms with van der Waals surface area (Å²) in [6.45, 7) is 7.31. The molecule has 1 aromatic rings. The molecule has 19 heavy (non-hydrogen) atoms. The number of amides is 2. The van der Waals surface area contributed by atoms with E-state index in [9.17, 15) is 9.59 Å². The first-order chi connectivity index (χ1) is 8.71. The Bertz CT molecular complexity index is 465. The minimum absolute atomic E-state index is 0.322. The van der Waals surface area contributed by atoms with Crippen LogP contribution in [-0.4, -0.2) is 39.1 Å². The number of nitrogens with one attached hydrogen (secondary N) is 1. The van der Waals surface area contributed by atoms with Crippen LogP contribution >= 0.6 is 11.3 Å². The third kappa shape index (κ3) is 4.51. The molecule has 0 aromatic carbocycles. The molecule has 1 heterocycles. The third-order valence-electron chi connectivity index (χ3n) is 2.59. The topological polar surface area (TPSA) is 82.5 Å². The summed E-state index contributed by atoms with van der Waals surface area (Å²) in [5, 5.41) is 11.6. The fourth-order valence-corrected chi connectivity index (χ4v) is 2.21. The van der Waals surface area contributed by atoms with E-state index < -0.39 is 11.5 Å². The van der Waals surface area contributed by atoms with Gasteiger partial charge in [-0.05, 0) is 27.7 Å². The molecular formula is C12H19N3O3S. The minimum Gasteiger partial charge on any atom is -0.480 e. The highest BCUT2D eigenvalue weighted by Gasteiger charge is 2.28. The van der Waals surface area contributed by atoms with Crippen molar-refractivity contribution in [2.45, 2.75) is 39.8 Å². The monoisotopic (exact) mass is 285 g/mol. The van der Waals surface area contributed by atoms with Crippen molar-refractivity contribution in [2.75, 3.05) is 6.54 Å². The summed E-state index contributed by atoms with van der Waals surface area (Å²) in [5.41, 5.74) is 2.05. The van der Waals surface area contributed by atoms with E-state index >= 15 is 0 Å². The van der Waals surface area contributed by atoms with Crippen LogP contribution in [0.2, 0.25) is 0 Å². The SMILES string of the molecule is Cc1ncsc1CNC(=O)N(CC(=O)O)C(C)(C)C. The zero-order chi connectivity index (χ0) is 14.6. The van der Waals surface area contributed by atoms with Gasteiger partial charge in [0.15, 0.2) is 0 Å². The van der Waals surface area contributed by atoms with E-state index in [1.165, 1.54) is 16.2 Å². The molecule has 0 aliphatic carbocycles. The van der Waals surface area contributed by atoms with Gasteiger partial charge in [0.1, 0.15) is 6.54 Å². The number of thiazole rings is 1. The normalized spacial score (nSPS) is 11.2. The van der Waals surface area contributed by atoms with Crippen LogP contribution in [0.1, 0.15) is 31.3 Å². The number of carbonyl (C=O) groups excluding carboxylic acids is 1. The molecule has 106 valence electrons. The second kappa shape index (κ2) is 6.01. The highest BCUT2D eigenvalue weighted by molar-refractivity contribution is 7.09. The summed E-state index contributed by atoms with van der Waals surface area (Å²) >= 11 is 1.46. The number of nitrogens with zero attached hydrogens (tertiary/aromatic N) is 2. The van der Waals surface area contributed by atoms with Gasteiger partial charge in [-0.1, -0.05) is 0 Å². The van der Waals surface area contributed by atoms with Crippen LogP contribution in [0, 0.1) is 6.92 Å². The molecule has 7 heteroatoms. The number of aliphatic carboxylic acids is 1. The maximum atomic E-state index is 12.1. The van der Waals surface area contributed by atoms with Crippen molar-refractivity contribution in [3.8, 4) is 0 Å². The Morgan fingerprint density at radius 1 is 1.47 bits per heavy atom. The number of hydrogen-bond donors (Lipinski definition) is 2. The fourth-order valence-electron chi connectivity index (χ4n) is 1.50. The molecule has 1 aromatic heterocycles. The van der Waals surface area contributed by atoms with Crippen LogP contribution < -0.4 is 5.32 Å². The second-order valence-electron chi connectivity index (χ2n) is 5.17. The number of carboxylic acids is 1. The maximum Gasteiger partial charge on any atom is 0.323 e. The van der Waals surface area contributed by atoms with E-state index in [4.69, 9.17) is 5.11 Å². The van der Waals surface area contributed by atoms with E-state index in [0.717, 1.165) is 10.6 Å². The van der Waals surface area contributed by atoms with E-state index in [1.54, 1.807) is 26.3 Å². The Hall–Kier alpha value is -1.63. The summed E-state index contributed by atoms with van der Waals surface area (Å²) in [7, 11) is 0. The lowest BCUT2D eigenvalue weighted by Gasteiger charge is -2.34. The number of carboxylic acid groups (broad SMARTS) is 1. The van der Waals surface area contributed by atoms with Crippen molar-refractivity contribution in [3.05, 3.63) is 16.1 Å². The molecule has 0 aliphatic rings. The summed E-state index contributed by atoms with van der Waals surface area (Å²) < 4.78 is 0. The van der Waals surface area contributed by atoms with Gasteiger partial charge in [-0.25, -0.2) is 9.78 Å². The molecule has 0 spiro atoms. The standard InChI is InChI=1S/C12H19N3O3S/c1-8-9(19-7-14-8)5-13-11(18)15(6-10(16)17)12(2,3)4/h7H,5-6H2,1-4H3,(H,13,18)(H,16,17). The first kappa shape index (κ1) is 15.4. The molecule has 0 saturated carbocycles. The lowest BCUT2D eigenvalue weighted by atomic mass is 10.1. The molecule has 2 amide bonds. The third-order valence-corrected chi connectivity index (χ3v) is 3.53. The zero-order valence-corrected chi connectivity index (χ0v) is 12.4. The number of carbonyl (C=O) groups is 2. The fraction of sp³-hybridized carbons (Fsp3) is 0.583. The lowest BCUT2D eigenvalue weighted by Crippen LogP contribution is -2.52. The number of hydrogen-bond acceptors (Lipinski definition) is 4. The summed E-state index contributed by atoms with van der Waals surface area (Å²) in [5.74, 6) is -1.03. The quantitative estimate of drug-likeness (QED) is 0.884. The first-order valence-electron chi connectivity index (χ1n) is 5.88. The summed E-state index contributed by atoms with van der Waals surface area (Å²) in [4.78, 5) is 29.2. The molecule has 1 rings (SSSR count). The van der Waals surface area contributed by atoms with Gasteiger partial charge < -0.3 is 15.3 Å². The molecule has 0 radical (unpaired) electrons. The highest BCUT2D eigenvalue weighted by atomic mass is 32.1. The predicted octanol–water partition coefficient (Wildman–Crippen LogP) is 1.85. The van der Waals surface area contributed by atoms with E-state index in [0.29, 0.717) is 6.54 Å². The Morgan fingerprint density at radius 3 is 2.53 bits per heavy atom. The van der Waals surface area contributed by atoms with Crippen molar-refractivity contribution in [1.29, 1.82) is 0 Å². The predicted molar refractivity (Wildman–Crippen MR) is 73.2 cm³/mol. The largest absolute Gasteiger partial charge is 0.480 e. The van der Waals surface area contributed by atoms with Gasteiger partial charge in [-0.15, -0.1) is 11.3 Å². The van der Waals surface area contributed by atoms with Gasteiger partial charge >= 0.3 is 12.0 Å². The highest BCUT2D eigenvalue weighted by Crippen LogP contribution is 2.15. The second-order valence-corrected chi connectivity index (χ2v) is 6.11. The van der Waals surface area contributed by atoms with Gasteiger partial charge in [0.25, 0.3) is 0 Å². The van der Waals surface area contributed by atoms with Crippen molar-refractivity contribution >= 4 is 23.3 Å². The number of rotatable bonds is 4. The Morgan fingerprint density at radius 2 is 2.11 bits per heavy atom. The maximum absolute atomic E-state index is 12.1. The summed E-state index contributed by atoms with van der Waals surface area (Å²) in [6, 6.07) is -0.386. The molecule has 0 aliphatic heterocycles. The Balaban J connectivity index is 2.67. The van der Waals surface area contributed by atoms with Crippen LogP contribution in [-0.2, 0) is 11.3 Å². The smallest absolute Gasteiger partial charge is 0.323 e. The van der Waals surface area contributed by atoms with Crippen LogP contribution in [0.25, 0.3) is 0 Å². The van der Waals surface area contributed by atoms with Crippen LogP contribution in [0.3, 0.4) is 0 Å². The van der Waals surface area contributed by atoms with Gasteiger partial charge in [0.2, 0.25) is 0 Å². The van der Waals surface area contributed by atoms with Gasteiger partial charge in [-0.3, -0.25) is 4.79 Å². The zero-order valence-electron chi connectivity index (χ0n) is 11.6. The van der Waals surface area contributed by atoms with Crippen LogP contribution in [0.4, 0.5) is 4.79 Å². The van der Waals surface area contributed by atoms with Crippen molar-refractivity contribution in [2.24, 2.45) is 0 Å². The number of aryl methyl sites for hydroxylation is 1. The minimum atomic E-state index is -1.03. The number of aromatic nitrogens is 1. The van der Waals surface area contributed by atoms with Gasteiger partial charge in [0, 0.05) is 10.4 Å². The molecule has 0 fully saturated rings. The van der Waals surface area contributed by atoms with Gasteiger partial charge in [-0.2, -0.15) is 0 Å². The van der Waals surface area contributed by atoms with E-state index in [1.807, 2.05) is 6.92 Å². The first-order valence-corrected chi connectivity index (χ1v) is 6.76. The molecule has 0 bridgehead atoms. The molecule has 0 unspecified atom stereocenters. The Kier molecular flexibility index (Phi) is 4.88. The van der Waals surface area contributed by atoms with Crippen molar-refractivity contribution in [1.82, 2.24) is 15.2 Å². The number of urea groups is 1. The molecule has 2 N–H and O–H groups in total. The van der Waals surface area contributed by atoms with E-state index in [2.05, 4.69) is 10.3 Å². The molecule has 6 nitrogen and oxygen atoms in total. The Labute approximate surface area is 116 Å². The molecular weight excluding hydrogens is 266 g/mol. The summed E-state index contributed by atoms with van der Waals surface area (Å²) in [6.07, 6.45) is 0.